The Labute approximate surface area is 491 Å². The summed E-state index contributed by atoms with van der Waals surface area (Å²) in [5.41, 5.74) is 11.1. The molecule has 0 radical (unpaired) electrons. The first-order chi connectivity index (χ1) is 40.7. The van der Waals surface area contributed by atoms with E-state index in [4.69, 9.17) is 24.9 Å². The van der Waals surface area contributed by atoms with Crippen LogP contribution in [0.2, 0.25) is 0 Å². The number of nitrogens with zero attached hydrogens (tertiary/aromatic N) is 5. The van der Waals surface area contributed by atoms with Crippen LogP contribution in [0, 0.1) is 20.8 Å². The number of hydrogen-bond donors (Lipinski definition) is 1. The highest BCUT2D eigenvalue weighted by Gasteiger charge is 2.33. The summed E-state index contributed by atoms with van der Waals surface area (Å²) in [6.45, 7) is 15.5. The van der Waals surface area contributed by atoms with Crippen LogP contribution in [0.15, 0.2) is 265 Å². The number of benzene rings is 8. The van der Waals surface area contributed by atoms with Gasteiger partial charge in [0.25, 0.3) is 0 Å². The molecule has 3 aromatic heterocycles. The standard InChI is InChI=1S/C37H32N3P.C35H27N3P2.C2H6/c1-25-22-28(36-39-34(26-14-6-4-7-15-26)38-35(40-36)27-16-8-5-9-17-27)23-29-24-41(32-20-12-10-18-30(25)32)33-21-13-11-19-31(33)37(29,2)3;1-24-14-13-23-29-25(2)39(30-20-10-9-19-28(24)30)31-21-11-12-22-32(31)40(29)35-37-33(26-15-5-3-6-16-26)36-34(38-35)27-17-7-4-8-18-27;1-2/h4-24,34H,1-3H3,(H,38,39,40);3-23H,1-2H3;1-2H3. The second-order valence-corrected chi connectivity index (χ2v) is 27.4. The van der Waals surface area contributed by atoms with Gasteiger partial charge in [-0.3, -0.25) is 0 Å². The first kappa shape index (κ1) is 54.9. The topological polar surface area (TPSA) is 75.4 Å². The molecule has 4 atom stereocenters. The SMILES string of the molecule is CC.Cc1cc(C2=NC(c3ccccc3)N=C(c3ccccc3)N2)cc2cp(c3ccccc13)-c1ccccc1C2(C)C.Cc1cccc2c(C)p(c3ccccc13)-c1ccccc1P2c1nc(-c2ccccc2)nc(-c2ccccc2)n1. The van der Waals surface area contributed by atoms with Gasteiger partial charge in [0, 0.05) is 56.4 Å². The average molecular weight is 1130 g/mol. The van der Waals surface area contributed by atoms with E-state index in [1.165, 1.54) is 69.8 Å². The van der Waals surface area contributed by atoms with E-state index in [1.54, 1.807) is 0 Å². The molecule has 0 aliphatic carbocycles. The number of hydrogen-bond acceptors (Lipinski definition) is 6. The molecule has 9 heteroatoms. The van der Waals surface area contributed by atoms with E-state index in [0.717, 1.165) is 45.1 Å². The number of aromatic nitrogens is 3. The summed E-state index contributed by atoms with van der Waals surface area (Å²) in [6.07, 6.45) is -0.330. The van der Waals surface area contributed by atoms with Gasteiger partial charge < -0.3 is 5.32 Å². The van der Waals surface area contributed by atoms with Crippen molar-refractivity contribution in [1.82, 2.24) is 20.3 Å². The number of aryl methyl sites for hydroxylation is 2. The lowest BCUT2D eigenvalue weighted by Crippen LogP contribution is -2.36. The highest BCUT2D eigenvalue weighted by molar-refractivity contribution is 7.83. The van der Waals surface area contributed by atoms with Crippen LogP contribution in [-0.2, 0) is 5.41 Å². The number of rotatable bonds is 6. The molecule has 0 amide bonds. The van der Waals surface area contributed by atoms with Crippen LogP contribution in [0.1, 0.15) is 78.1 Å². The van der Waals surface area contributed by atoms with E-state index >= 15 is 0 Å². The molecular formula is C74H65N6P3. The average Bonchev–Trinajstić information content (AvgIpc) is 3.93. The summed E-state index contributed by atoms with van der Waals surface area (Å²) in [4.78, 5) is 25.6. The molecule has 6 nitrogen and oxygen atoms in total. The van der Waals surface area contributed by atoms with Gasteiger partial charge in [0.1, 0.15) is 11.7 Å². The lowest BCUT2D eigenvalue weighted by Gasteiger charge is -2.33. The molecule has 406 valence electrons. The third-order valence-corrected chi connectivity index (χ3v) is 23.4. The minimum Gasteiger partial charge on any atom is -0.324 e. The van der Waals surface area contributed by atoms with Gasteiger partial charge in [0.2, 0.25) is 0 Å². The van der Waals surface area contributed by atoms with Gasteiger partial charge in [-0.15, -0.1) is 0 Å². The Balaban J connectivity index is 0.000000159. The number of fused-ring (bicyclic) bond motifs is 12. The van der Waals surface area contributed by atoms with Crippen molar-refractivity contribution in [2.45, 2.75) is 60.0 Å². The third kappa shape index (κ3) is 10.9. The number of aliphatic imine (C=N–C) groups is 2. The van der Waals surface area contributed by atoms with Crippen molar-refractivity contribution in [2.24, 2.45) is 9.98 Å². The molecular weight excluding hydrogens is 1070 g/mol. The van der Waals surface area contributed by atoms with Gasteiger partial charge in [-0.05, 0) is 99.3 Å². The molecule has 1 N–H and O–H groups in total. The van der Waals surface area contributed by atoms with Crippen LogP contribution in [0.25, 0.3) is 54.4 Å². The minimum atomic E-state index is -1.00. The Morgan fingerprint density at radius 3 is 1.55 bits per heavy atom. The Kier molecular flexibility index (Phi) is 15.9. The van der Waals surface area contributed by atoms with Gasteiger partial charge >= 0.3 is 0 Å². The Morgan fingerprint density at radius 1 is 0.422 bits per heavy atom. The van der Waals surface area contributed by atoms with E-state index in [0.29, 0.717) is 11.6 Å². The zero-order valence-corrected chi connectivity index (χ0v) is 50.6. The lowest BCUT2D eigenvalue weighted by molar-refractivity contribution is 0.644. The van der Waals surface area contributed by atoms with Crippen molar-refractivity contribution in [2.75, 3.05) is 0 Å². The van der Waals surface area contributed by atoms with Gasteiger partial charge in [-0.25, -0.2) is 24.9 Å². The smallest absolute Gasteiger partial charge is 0.169 e. The molecule has 4 unspecified atom stereocenters. The quantitative estimate of drug-likeness (QED) is 0.168. The summed E-state index contributed by atoms with van der Waals surface area (Å²) < 4.78 is 0. The molecule has 0 saturated carbocycles. The number of nitrogens with one attached hydrogen (secondary N) is 1. The summed E-state index contributed by atoms with van der Waals surface area (Å²) in [5.74, 6) is 5.63. The molecule has 83 heavy (non-hydrogen) atoms. The van der Waals surface area contributed by atoms with Gasteiger partial charge in [0.15, 0.2) is 23.4 Å². The second kappa shape index (κ2) is 24.1. The summed E-state index contributed by atoms with van der Waals surface area (Å²) >= 11 is 0. The van der Waals surface area contributed by atoms with Crippen molar-refractivity contribution >= 4 is 71.8 Å². The maximum absolute atomic E-state index is 5.23. The molecule has 6 heterocycles. The van der Waals surface area contributed by atoms with E-state index in [9.17, 15) is 0 Å². The summed E-state index contributed by atoms with van der Waals surface area (Å²) in [5, 5.41) is 16.0. The van der Waals surface area contributed by atoms with E-state index < -0.39 is 23.0 Å². The van der Waals surface area contributed by atoms with Crippen molar-refractivity contribution < 1.29 is 0 Å². The van der Waals surface area contributed by atoms with Crippen molar-refractivity contribution in [3.05, 3.63) is 299 Å². The highest BCUT2D eigenvalue weighted by Crippen LogP contribution is 2.57. The fourth-order valence-corrected chi connectivity index (χ4v) is 20.1. The van der Waals surface area contributed by atoms with Crippen molar-refractivity contribution in [3.63, 3.8) is 0 Å². The van der Waals surface area contributed by atoms with Crippen LogP contribution < -0.4 is 21.5 Å². The van der Waals surface area contributed by atoms with Crippen LogP contribution in [0.4, 0.5) is 0 Å². The summed E-state index contributed by atoms with van der Waals surface area (Å²) in [6, 6.07) is 88.4. The molecule has 8 aromatic carbocycles. The maximum atomic E-state index is 5.23. The third-order valence-electron chi connectivity index (χ3n) is 15.6. The summed E-state index contributed by atoms with van der Waals surface area (Å²) in [7, 11) is -2.35. The molecule has 3 aliphatic heterocycles. The molecule has 3 aliphatic rings. The molecule has 14 rings (SSSR count). The zero-order valence-electron chi connectivity index (χ0n) is 47.9. The Morgan fingerprint density at radius 2 is 0.916 bits per heavy atom. The van der Waals surface area contributed by atoms with Crippen LogP contribution in [0.5, 0.6) is 0 Å². The monoisotopic (exact) mass is 1130 g/mol. The Hall–Kier alpha value is -8.62. The van der Waals surface area contributed by atoms with Gasteiger partial charge in [-0.1, -0.05) is 273 Å². The van der Waals surface area contributed by atoms with Gasteiger partial charge in [-0.2, -0.15) is 0 Å². The van der Waals surface area contributed by atoms with E-state index in [-0.39, 0.29) is 11.6 Å². The van der Waals surface area contributed by atoms with Crippen molar-refractivity contribution in [1.29, 1.82) is 0 Å². The van der Waals surface area contributed by atoms with Gasteiger partial charge in [0.05, 0.1) is 0 Å². The molecule has 0 fully saturated rings. The largest absolute Gasteiger partial charge is 0.324 e. The normalized spacial score (nSPS) is 15.2. The second-order valence-electron chi connectivity index (χ2n) is 21.1. The van der Waals surface area contributed by atoms with E-state index in [2.05, 4.69) is 246 Å². The van der Waals surface area contributed by atoms with Crippen LogP contribution in [-0.4, -0.2) is 26.6 Å². The van der Waals surface area contributed by atoms with Crippen molar-refractivity contribution in [3.8, 4) is 33.4 Å². The maximum Gasteiger partial charge on any atom is 0.169 e. The highest BCUT2D eigenvalue weighted by atomic mass is 31.1. The van der Waals surface area contributed by atoms with Crippen LogP contribution in [0.3, 0.4) is 0 Å². The minimum absolute atomic E-state index is 0.147. The first-order valence-electron chi connectivity index (χ1n) is 28.5. The lowest BCUT2D eigenvalue weighted by atomic mass is 9.78. The Bertz CT molecular complexity index is 4340. The molecule has 11 aromatic rings. The number of amidine groups is 2. The zero-order chi connectivity index (χ0) is 57.0. The first-order valence-corrected chi connectivity index (χ1v) is 32.6. The fraction of sp³-hybridized carbons (Fsp3) is 0.122. The predicted octanol–water partition coefficient (Wildman–Crippen LogP) is 18.6. The van der Waals surface area contributed by atoms with Crippen LogP contribution >= 0.6 is 23.0 Å². The molecule has 4 bridgehead atoms. The molecule has 0 saturated heterocycles. The van der Waals surface area contributed by atoms with E-state index in [1.807, 2.05) is 62.4 Å². The fourth-order valence-electron chi connectivity index (χ4n) is 11.4. The molecule has 0 spiro atoms. The predicted molar refractivity (Wildman–Crippen MR) is 357 cm³/mol.